The lowest BCUT2D eigenvalue weighted by Gasteiger charge is -2.37. The minimum absolute atomic E-state index is 0.173. The van der Waals surface area contributed by atoms with Gasteiger partial charge in [-0.05, 0) is 41.0 Å². The number of benzene rings is 3. The molecule has 4 atom stereocenters. The smallest absolute Gasteiger partial charge is 0.330 e. The molecular weight excluding hydrogens is 624 g/mol. The number of aromatic amines is 1. The first-order valence-corrected chi connectivity index (χ1v) is 15.0. The Labute approximate surface area is 274 Å². The fourth-order valence-corrected chi connectivity index (χ4v) is 5.65. The van der Waals surface area contributed by atoms with E-state index in [0.29, 0.717) is 22.6 Å². The van der Waals surface area contributed by atoms with Crippen molar-refractivity contribution in [1.29, 1.82) is 0 Å². The van der Waals surface area contributed by atoms with Crippen LogP contribution in [0.25, 0.3) is 0 Å². The number of rotatable bonds is 12. The molecule has 1 aromatic heterocycles. The highest BCUT2D eigenvalue weighted by atomic mass is 16.6. The van der Waals surface area contributed by atoms with Crippen LogP contribution in [0.5, 0.6) is 11.5 Å². The molecule has 0 bridgehead atoms. The zero-order valence-electron chi connectivity index (χ0n) is 26.2. The molecule has 0 aliphatic carbocycles. The van der Waals surface area contributed by atoms with E-state index in [1.165, 1.54) is 0 Å². The molecule has 0 radical (unpaired) electrons. The van der Waals surface area contributed by atoms with Crippen molar-refractivity contribution in [1.82, 2.24) is 20.2 Å². The minimum atomic E-state index is -1.50. The van der Waals surface area contributed by atoms with E-state index < -0.39 is 59.7 Å². The largest absolute Gasteiger partial charge is 0.497 e. The van der Waals surface area contributed by atoms with E-state index in [0.717, 1.165) is 22.4 Å². The number of aliphatic hydroxyl groups is 2. The van der Waals surface area contributed by atoms with Gasteiger partial charge in [-0.2, -0.15) is 0 Å². The highest BCUT2D eigenvalue weighted by Gasteiger charge is 2.48. The molecule has 2 amide bonds. The monoisotopic (exact) mass is 660 g/mol. The molecule has 3 aromatic carbocycles. The Hall–Kier alpha value is -5.28. The highest BCUT2D eigenvalue weighted by Crippen LogP contribution is 2.42. The normalized spacial score (nSPS) is 19.0. The van der Waals surface area contributed by atoms with Crippen molar-refractivity contribution in [3.05, 3.63) is 129 Å². The molecule has 14 nitrogen and oxygen atoms in total. The van der Waals surface area contributed by atoms with Crippen molar-refractivity contribution < 1.29 is 38.7 Å². The van der Waals surface area contributed by atoms with Crippen LogP contribution >= 0.6 is 0 Å². The molecule has 1 saturated heterocycles. The third-order valence-electron chi connectivity index (χ3n) is 8.03. The van der Waals surface area contributed by atoms with E-state index >= 15 is 0 Å². The van der Waals surface area contributed by atoms with Crippen LogP contribution in [0.2, 0.25) is 0 Å². The summed E-state index contributed by atoms with van der Waals surface area (Å²) >= 11 is 0. The first-order chi connectivity index (χ1) is 23.2. The van der Waals surface area contributed by atoms with Gasteiger partial charge < -0.3 is 39.8 Å². The zero-order valence-corrected chi connectivity index (χ0v) is 26.2. The summed E-state index contributed by atoms with van der Waals surface area (Å²) in [5, 5.41) is 25.3. The average molecular weight is 661 g/mol. The van der Waals surface area contributed by atoms with Crippen molar-refractivity contribution in [3.8, 4) is 11.5 Å². The summed E-state index contributed by atoms with van der Waals surface area (Å²) in [5.74, 6) is -0.942. The van der Waals surface area contributed by atoms with E-state index in [9.17, 15) is 24.3 Å². The Morgan fingerprint density at radius 1 is 0.875 bits per heavy atom. The molecule has 4 aromatic rings. The zero-order chi connectivity index (χ0) is 34.3. The Morgan fingerprint density at radius 2 is 1.46 bits per heavy atom. The summed E-state index contributed by atoms with van der Waals surface area (Å²) < 4.78 is 24.8. The van der Waals surface area contributed by atoms with Gasteiger partial charge in [0.15, 0.2) is 6.23 Å². The SMILES string of the molecule is COc1ccc(C(OC[C@H]2O[C@@H](n3ccc(=O)[nH]c3=O)[C@H](NC(=O)C(=O)NCCO)[C@@H]2O)(c2ccccc2)c2ccc(OC)cc2)cc1. The topological polar surface area (TPSA) is 190 Å². The third kappa shape index (κ3) is 7.01. The van der Waals surface area contributed by atoms with E-state index in [4.69, 9.17) is 24.1 Å². The number of nitrogens with one attached hydrogen (secondary N) is 3. The van der Waals surface area contributed by atoms with Crippen LogP contribution in [-0.4, -0.2) is 83.8 Å². The summed E-state index contributed by atoms with van der Waals surface area (Å²) in [5.41, 5.74) is -0.632. The predicted molar refractivity (Wildman–Crippen MR) is 172 cm³/mol. The molecule has 5 N–H and O–H groups in total. The van der Waals surface area contributed by atoms with Crippen LogP contribution in [-0.2, 0) is 24.7 Å². The number of amides is 2. The van der Waals surface area contributed by atoms with E-state index in [-0.39, 0.29) is 13.2 Å². The summed E-state index contributed by atoms with van der Waals surface area (Å²) in [7, 11) is 3.13. The molecule has 0 saturated carbocycles. The highest BCUT2D eigenvalue weighted by molar-refractivity contribution is 6.35. The summed E-state index contributed by atoms with van der Waals surface area (Å²) in [6, 6.07) is 23.8. The van der Waals surface area contributed by atoms with Gasteiger partial charge in [0, 0.05) is 18.8 Å². The maximum atomic E-state index is 12.8. The number of nitrogens with zero attached hydrogens (tertiary/aromatic N) is 1. The number of hydrogen-bond donors (Lipinski definition) is 5. The molecule has 252 valence electrons. The number of hydrogen-bond acceptors (Lipinski definition) is 10. The van der Waals surface area contributed by atoms with E-state index in [1.54, 1.807) is 38.5 Å². The van der Waals surface area contributed by atoms with Crippen LogP contribution < -0.4 is 31.4 Å². The Kier molecular flexibility index (Phi) is 10.7. The number of carbonyl (C=O) groups excluding carboxylic acids is 2. The van der Waals surface area contributed by atoms with Gasteiger partial charge in [0.05, 0.1) is 27.4 Å². The van der Waals surface area contributed by atoms with Gasteiger partial charge in [-0.15, -0.1) is 0 Å². The summed E-state index contributed by atoms with van der Waals surface area (Å²) in [6.45, 7) is -0.839. The molecule has 1 fully saturated rings. The van der Waals surface area contributed by atoms with Crippen molar-refractivity contribution in [2.45, 2.75) is 30.1 Å². The molecular formula is C34H36N4O10. The first kappa shape index (κ1) is 34.1. The van der Waals surface area contributed by atoms with Gasteiger partial charge in [0.2, 0.25) is 0 Å². The van der Waals surface area contributed by atoms with Crippen LogP contribution in [0.4, 0.5) is 0 Å². The van der Waals surface area contributed by atoms with Gasteiger partial charge in [0.1, 0.15) is 35.3 Å². The lowest BCUT2D eigenvalue weighted by atomic mass is 9.80. The second-order valence-corrected chi connectivity index (χ2v) is 10.9. The van der Waals surface area contributed by atoms with Crippen molar-refractivity contribution >= 4 is 11.8 Å². The van der Waals surface area contributed by atoms with Crippen LogP contribution in [0.3, 0.4) is 0 Å². The van der Waals surface area contributed by atoms with Crippen molar-refractivity contribution in [3.63, 3.8) is 0 Å². The number of H-pyrrole nitrogens is 1. The van der Waals surface area contributed by atoms with Gasteiger partial charge in [-0.25, -0.2) is 4.79 Å². The maximum absolute atomic E-state index is 12.8. The van der Waals surface area contributed by atoms with Crippen molar-refractivity contribution in [2.75, 3.05) is 34.0 Å². The minimum Gasteiger partial charge on any atom is -0.497 e. The third-order valence-corrected chi connectivity index (χ3v) is 8.03. The summed E-state index contributed by atoms with van der Waals surface area (Å²) in [6.07, 6.45) is -2.83. The predicted octanol–water partition coefficient (Wildman–Crippen LogP) is 0.414. The quantitative estimate of drug-likeness (QED) is 0.105. The number of aliphatic hydroxyl groups excluding tert-OH is 2. The standard InChI is InChI=1S/C34H36N4O10/c1-45-24-12-8-22(9-13-24)34(21-6-4-3-5-7-21,23-10-14-25(46-2)15-11-23)47-20-26-29(41)28(37-31(43)30(42)35-17-19-39)32(48-26)38-18-16-27(40)36-33(38)44/h3-16,18,26,28-29,32,39,41H,17,19-20H2,1-2H3,(H,35,42)(H,37,43)(H,36,40,44)/t26-,28-,29-,32-/m1/s1. The second-order valence-electron chi connectivity index (χ2n) is 10.9. The Morgan fingerprint density at radius 3 is 2.00 bits per heavy atom. The second kappa shape index (κ2) is 15.1. The van der Waals surface area contributed by atoms with Crippen LogP contribution in [0.15, 0.2) is 101 Å². The molecule has 14 heteroatoms. The van der Waals surface area contributed by atoms with Crippen LogP contribution in [0.1, 0.15) is 22.9 Å². The molecule has 0 unspecified atom stereocenters. The Bertz CT molecular complexity index is 1760. The molecule has 5 rings (SSSR count). The lowest BCUT2D eigenvalue weighted by Crippen LogP contribution is -2.52. The van der Waals surface area contributed by atoms with Gasteiger partial charge in [0.25, 0.3) is 5.56 Å². The Balaban J connectivity index is 1.55. The van der Waals surface area contributed by atoms with Crippen molar-refractivity contribution in [2.24, 2.45) is 0 Å². The molecule has 48 heavy (non-hydrogen) atoms. The van der Waals surface area contributed by atoms with Gasteiger partial charge in [-0.3, -0.25) is 23.9 Å². The molecule has 1 aliphatic rings. The van der Waals surface area contributed by atoms with Crippen LogP contribution in [0, 0.1) is 0 Å². The van der Waals surface area contributed by atoms with Gasteiger partial charge in [-0.1, -0.05) is 54.6 Å². The maximum Gasteiger partial charge on any atom is 0.330 e. The van der Waals surface area contributed by atoms with E-state index in [1.807, 2.05) is 54.6 Å². The van der Waals surface area contributed by atoms with Gasteiger partial charge >= 0.3 is 17.5 Å². The number of aromatic nitrogens is 2. The fraction of sp³-hybridized carbons (Fsp3) is 0.294. The summed E-state index contributed by atoms with van der Waals surface area (Å²) in [4.78, 5) is 51.8. The number of ether oxygens (including phenoxy) is 4. The molecule has 0 spiro atoms. The first-order valence-electron chi connectivity index (χ1n) is 15.0. The molecule has 2 heterocycles. The average Bonchev–Trinajstić information content (AvgIpc) is 3.42. The number of methoxy groups -OCH3 is 2. The fourth-order valence-electron chi connectivity index (χ4n) is 5.65. The lowest BCUT2D eigenvalue weighted by molar-refractivity contribution is -0.140. The number of carbonyl (C=O) groups is 2. The van der Waals surface area contributed by atoms with E-state index in [2.05, 4.69) is 15.6 Å². The molecule has 1 aliphatic heterocycles.